The van der Waals surface area contributed by atoms with E-state index >= 15 is 0 Å². The summed E-state index contributed by atoms with van der Waals surface area (Å²) in [7, 11) is 0. The number of nitrogens with two attached hydrogens (primary N) is 1. The first-order valence-electron chi connectivity index (χ1n) is 8.26. The summed E-state index contributed by atoms with van der Waals surface area (Å²) in [5, 5.41) is 2.78. The van der Waals surface area contributed by atoms with Crippen molar-refractivity contribution in [3.05, 3.63) is 59.7 Å². The van der Waals surface area contributed by atoms with E-state index in [1.54, 1.807) is 36.0 Å². The molecule has 2 aromatic rings. The van der Waals surface area contributed by atoms with Crippen LogP contribution in [0.2, 0.25) is 0 Å². The minimum absolute atomic E-state index is 0.200. The van der Waals surface area contributed by atoms with Crippen LogP contribution in [0.3, 0.4) is 0 Å². The number of carbonyl (C=O) groups is 1. The number of thioether (sulfide) groups is 1. The summed E-state index contributed by atoms with van der Waals surface area (Å²) >= 11 is 1.64. The van der Waals surface area contributed by atoms with Gasteiger partial charge in [0.1, 0.15) is 11.5 Å². The number of ether oxygens (including phenoxy) is 1. The molecule has 3 N–H and O–H groups in total. The SMILES string of the molecule is CSCC[C@H](N)C(=O)NCc1ccc(Oc2ccc(C(F)(F)F)cc2)cc1. The number of benzene rings is 2. The molecule has 1 atom stereocenters. The van der Waals surface area contributed by atoms with Gasteiger partial charge in [-0.1, -0.05) is 12.1 Å². The predicted octanol–water partition coefficient (Wildman–Crippen LogP) is 4.19. The Bertz CT molecular complexity index is 734. The Morgan fingerprint density at radius 2 is 1.67 bits per heavy atom. The van der Waals surface area contributed by atoms with E-state index in [9.17, 15) is 18.0 Å². The number of hydrogen-bond donors (Lipinski definition) is 2. The Labute approximate surface area is 160 Å². The lowest BCUT2D eigenvalue weighted by atomic mass is 10.2. The van der Waals surface area contributed by atoms with Crippen molar-refractivity contribution in [2.45, 2.75) is 25.2 Å². The fourth-order valence-electron chi connectivity index (χ4n) is 2.22. The standard InChI is InChI=1S/C19H21F3N2O2S/c1-27-11-10-17(23)18(25)24-12-13-2-6-15(7-3-13)26-16-8-4-14(5-9-16)19(20,21)22/h2-9,17H,10-12,23H2,1H3,(H,24,25)/t17-/m0/s1. The molecule has 8 heteroatoms. The second kappa shape index (κ2) is 9.66. The van der Waals surface area contributed by atoms with Crippen LogP contribution < -0.4 is 15.8 Å². The lowest BCUT2D eigenvalue weighted by Crippen LogP contribution is -2.40. The molecule has 1 amide bonds. The Kier molecular flexibility index (Phi) is 7.55. The zero-order chi connectivity index (χ0) is 19.9. The van der Waals surface area contributed by atoms with E-state index in [4.69, 9.17) is 10.5 Å². The molecule has 4 nitrogen and oxygen atoms in total. The van der Waals surface area contributed by atoms with Gasteiger partial charge in [0.05, 0.1) is 11.6 Å². The Morgan fingerprint density at radius 1 is 1.11 bits per heavy atom. The van der Waals surface area contributed by atoms with E-state index in [0.29, 0.717) is 24.5 Å². The first kappa shape index (κ1) is 21.1. The molecule has 2 rings (SSSR count). The average molecular weight is 398 g/mol. The van der Waals surface area contributed by atoms with Crippen molar-refractivity contribution in [2.75, 3.05) is 12.0 Å². The highest BCUT2D eigenvalue weighted by molar-refractivity contribution is 7.98. The second-order valence-corrected chi connectivity index (χ2v) is 6.86. The summed E-state index contributed by atoms with van der Waals surface area (Å²) in [6.45, 7) is 0.340. The lowest BCUT2D eigenvalue weighted by molar-refractivity contribution is -0.137. The first-order chi connectivity index (χ1) is 12.8. The molecule has 0 fully saturated rings. The van der Waals surface area contributed by atoms with Crippen molar-refractivity contribution in [1.82, 2.24) is 5.32 Å². The van der Waals surface area contributed by atoms with Gasteiger partial charge in [0.15, 0.2) is 0 Å². The van der Waals surface area contributed by atoms with Crippen LogP contribution in [-0.4, -0.2) is 24.0 Å². The third kappa shape index (κ3) is 6.80. The molecule has 146 valence electrons. The zero-order valence-corrected chi connectivity index (χ0v) is 15.6. The smallest absolute Gasteiger partial charge is 0.416 e. The fourth-order valence-corrected chi connectivity index (χ4v) is 2.71. The zero-order valence-electron chi connectivity index (χ0n) is 14.8. The molecule has 0 aliphatic carbocycles. The summed E-state index contributed by atoms with van der Waals surface area (Å²) in [5.74, 6) is 1.42. The number of amides is 1. The fraction of sp³-hybridized carbons (Fsp3) is 0.316. The molecular weight excluding hydrogens is 377 g/mol. The second-order valence-electron chi connectivity index (χ2n) is 5.87. The number of rotatable bonds is 8. The number of nitrogens with one attached hydrogen (secondary N) is 1. The first-order valence-corrected chi connectivity index (χ1v) is 9.65. The van der Waals surface area contributed by atoms with Gasteiger partial charge in [-0.05, 0) is 60.4 Å². The van der Waals surface area contributed by atoms with Gasteiger partial charge in [-0.25, -0.2) is 0 Å². The maximum absolute atomic E-state index is 12.6. The third-order valence-electron chi connectivity index (χ3n) is 3.78. The highest BCUT2D eigenvalue weighted by Gasteiger charge is 2.30. The predicted molar refractivity (Wildman–Crippen MR) is 101 cm³/mol. The van der Waals surface area contributed by atoms with Gasteiger partial charge in [0, 0.05) is 6.54 Å². The minimum Gasteiger partial charge on any atom is -0.457 e. The van der Waals surface area contributed by atoms with Crippen LogP contribution in [0.25, 0.3) is 0 Å². The van der Waals surface area contributed by atoms with E-state index in [0.717, 1.165) is 23.4 Å². The van der Waals surface area contributed by atoms with Crippen LogP contribution in [0.1, 0.15) is 17.5 Å². The maximum Gasteiger partial charge on any atom is 0.416 e. The van der Waals surface area contributed by atoms with E-state index in [2.05, 4.69) is 5.32 Å². The van der Waals surface area contributed by atoms with Gasteiger partial charge < -0.3 is 15.8 Å². The summed E-state index contributed by atoms with van der Waals surface area (Å²) in [6, 6.07) is 10.9. The molecule has 0 aliphatic heterocycles. The van der Waals surface area contributed by atoms with E-state index < -0.39 is 17.8 Å². The molecule has 0 saturated heterocycles. The lowest BCUT2D eigenvalue weighted by Gasteiger charge is -2.12. The highest BCUT2D eigenvalue weighted by Crippen LogP contribution is 2.31. The van der Waals surface area contributed by atoms with Crippen LogP contribution in [0, 0.1) is 0 Å². The molecule has 0 spiro atoms. The molecule has 0 aromatic heterocycles. The van der Waals surface area contributed by atoms with Gasteiger partial charge in [0.25, 0.3) is 0 Å². The number of hydrogen-bond acceptors (Lipinski definition) is 4. The minimum atomic E-state index is -4.37. The van der Waals surface area contributed by atoms with E-state index in [1.165, 1.54) is 12.1 Å². The topological polar surface area (TPSA) is 64.4 Å². The quantitative estimate of drug-likeness (QED) is 0.700. The molecule has 0 unspecified atom stereocenters. The molecule has 0 saturated carbocycles. The molecular formula is C19H21F3N2O2S. The molecule has 27 heavy (non-hydrogen) atoms. The summed E-state index contributed by atoms with van der Waals surface area (Å²) in [6.07, 6.45) is -1.80. The van der Waals surface area contributed by atoms with E-state index in [-0.39, 0.29) is 5.91 Å². The number of alkyl halides is 3. The van der Waals surface area contributed by atoms with Crippen molar-refractivity contribution >= 4 is 17.7 Å². The van der Waals surface area contributed by atoms with Crippen LogP contribution in [0.4, 0.5) is 13.2 Å². The average Bonchev–Trinajstić information content (AvgIpc) is 2.65. The van der Waals surface area contributed by atoms with Crippen LogP contribution in [0.5, 0.6) is 11.5 Å². The Morgan fingerprint density at radius 3 is 2.19 bits per heavy atom. The molecule has 0 bridgehead atoms. The number of carbonyl (C=O) groups excluding carboxylic acids is 1. The summed E-state index contributed by atoms with van der Waals surface area (Å²) in [4.78, 5) is 11.9. The van der Waals surface area contributed by atoms with Crippen molar-refractivity contribution in [1.29, 1.82) is 0 Å². The molecule has 0 heterocycles. The molecule has 0 radical (unpaired) electrons. The van der Waals surface area contributed by atoms with Crippen molar-refractivity contribution < 1.29 is 22.7 Å². The number of halogens is 3. The van der Waals surface area contributed by atoms with Crippen molar-refractivity contribution in [2.24, 2.45) is 5.73 Å². The molecule has 0 aliphatic rings. The van der Waals surface area contributed by atoms with Gasteiger partial charge in [-0.15, -0.1) is 0 Å². The van der Waals surface area contributed by atoms with Crippen LogP contribution in [-0.2, 0) is 17.5 Å². The van der Waals surface area contributed by atoms with Crippen molar-refractivity contribution in [3.8, 4) is 11.5 Å². The van der Waals surface area contributed by atoms with Crippen LogP contribution in [0.15, 0.2) is 48.5 Å². The third-order valence-corrected chi connectivity index (χ3v) is 4.42. The summed E-state index contributed by atoms with van der Waals surface area (Å²) in [5.41, 5.74) is 5.94. The van der Waals surface area contributed by atoms with Gasteiger partial charge in [-0.2, -0.15) is 24.9 Å². The normalized spacial score (nSPS) is 12.5. The van der Waals surface area contributed by atoms with Gasteiger partial charge in [-0.3, -0.25) is 4.79 Å². The maximum atomic E-state index is 12.6. The summed E-state index contributed by atoms with van der Waals surface area (Å²) < 4.78 is 43.2. The van der Waals surface area contributed by atoms with Crippen molar-refractivity contribution in [3.63, 3.8) is 0 Å². The van der Waals surface area contributed by atoms with E-state index in [1.807, 2.05) is 6.26 Å². The Hall–Kier alpha value is -2.19. The van der Waals surface area contributed by atoms with Gasteiger partial charge in [0.2, 0.25) is 5.91 Å². The van der Waals surface area contributed by atoms with Gasteiger partial charge >= 0.3 is 6.18 Å². The largest absolute Gasteiger partial charge is 0.457 e. The monoisotopic (exact) mass is 398 g/mol. The highest BCUT2D eigenvalue weighted by atomic mass is 32.2. The Balaban J connectivity index is 1.87. The van der Waals surface area contributed by atoms with Crippen LogP contribution >= 0.6 is 11.8 Å². The molecule has 2 aromatic carbocycles.